The average molecular weight is 320 g/mol. The number of hydrogen-bond donors (Lipinski definition) is 1. The Balaban J connectivity index is 2.08. The number of halogens is 2. The molecule has 3 nitrogen and oxygen atoms in total. The number of ether oxygens (including phenoxy) is 1. The van der Waals surface area contributed by atoms with E-state index < -0.39 is 0 Å². The van der Waals surface area contributed by atoms with Crippen molar-refractivity contribution in [2.75, 3.05) is 0 Å². The Labute approximate surface area is 131 Å². The quantitative estimate of drug-likeness (QED) is 0.752. The molecule has 0 atom stereocenters. The molecule has 1 heterocycles. The Bertz CT molecular complexity index is 805. The lowest BCUT2D eigenvalue weighted by Gasteiger charge is -2.11. The van der Waals surface area contributed by atoms with E-state index in [-0.39, 0.29) is 6.61 Å². The van der Waals surface area contributed by atoms with E-state index in [1.165, 1.54) is 0 Å². The van der Waals surface area contributed by atoms with Gasteiger partial charge in [-0.2, -0.15) is 0 Å². The fourth-order valence-electron chi connectivity index (χ4n) is 2.00. The molecule has 0 amide bonds. The SMILES string of the molecule is OCc1cc2ccccc2nc1Oc1cc(Cl)ccc1Cl. The van der Waals surface area contributed by atoms with E-state index in [4.69, 9.17) is 27.9 Å². The van der Waals surface area contributed by atoms with Gasteiger partial charge in [-0.25, -0.2) is 4.98 Å². The normalized spacial score (nSPS) is 10.8. The van der Waals surface area contributed by atoms with Gasteiger partial charge in [0.15, 0.2) is 0 Å². The zero-order valence-electron chi connectivity index (χ0n) is 10.9. The number of nitrogens with zero attached hydrogens (tertiary/aromatic N) is 1. The van der Waals surface area contributed by atoms with Gasteiger partial charge in [0.1, 0.15) is 5.75 Å². The molecule has 106 valence electrons. The zero-order chi connectivity index (χ0) is 14.8. The summed E-state index contributed by atoms with van der Waals surface area (Å²) in [5, 5.41) is 11.4. The number of para-hydroxylation sites is 1. The highest BCUT2D eigenvalue weighted by Gasteiger charge is 2.11. The molecule has 3 aromatic rings. The molecule has 0 aliphatic carbocycles. The van der Waals surface area contributed by atoms with Crippen LogP contribution < -0.4 is 4.74 Å². The predicted octanol–water partition coefficient (Wildman–Crippen LogP) is 4.83. The van der Waals surface area contributed by atoms with Crippen molar-refractivity contribution in [3.8, 4) is 11.6 Å². The van der Waals surface area contributed by atoms with E-state index in [1.54, 1.807) is 18.2 Å². The van der Waals surface area contributed by atoms with E-state index in [0.29, 0.717) is 27.2 Å². The first kappa shape index (κ1) is 14.1. The molecule has 0 saturated heterocycles. The minimum absolute atomic E-state index is 0.175. The molecule has 0 fully saturated rings. The van der Waals surface area contributed by atoms with Crippen molar-refractivity contribution in [1.29, 1.82) is 0 Å². The molecule has 0 aliphatic rings. The predicted molar refractivity (Wildman–Crippen MR) is 84.2 cm³/mol. The van der Waals surface area contributed by atoms with Crippen LogP contribution in [0.5, 0.6) is 11.6 Å². The summed E-state index contributed by atoms with van der Waals surface area (Å²) in [5.41, 5.74) is 1.37. The summed E-state index contributed by atoms with van der Waals surface area (Å²) in [6.45, 7) is -0.175. The van der Waals surface area contributed by atoms with Crippen molar-refractivity contribution >= 4 is 34.1 Å². The van der Waals surface area contributed by atoms with Gasteiger partial charge in [-0.1, -0.05) is 41.4 Å². The Morgan fingerprint density at radius 1 is 1.05 bits per heavy atom. The monoisotopic (exact) mass is 319 g/mol. The van der Waals surface area contributed by atoms with Gasteiger partial charge in [0, 0.05) is 22.0 Å². The highest BCUT2D eigenvalue weighted by molar-refractivity contribution is 6.34. The lowest BCUT2D eigenvalue weighted by Crippen LogP contribution is -1.96. The molecule has 0 bridgehead atoms. The average Bonchev–Trinajstić information content (AvgIpc) is 2.50. The molecule has 0 saturated carbocycles. The van der Waals surface area contributed by atoms with Crippen LogP contribution in [-0.2, 0) is 6.61 Å². The van der Waals surface area contributed by atoms with Gasteiger partial charge < -0.3 is 9.84 Å². The Morgan fingerprint density at radius 2 is 1.86 bits per heavy atom. The van der Waals surface area contributed by atoms with Gasteiger partial charge in [0.2, 0.25) is 5.88 Å². The van der Waals surface area contributed by atoms with Crippen LogP contribution in [0.1, 0.15) is 5.56 Å². The van der Waals surface area contributed by atoms with Crippen molar-refractivity contribution in [2.45, 2.75) is 6.61 Å². The molecular formula is C16H11Cl2NO2. The number of hydrogen-bond acceptors (Lipinski definition) is 3. The highest BCUT2D eigenvalue weighted by Crippen LogP contribution is 2.33. The molecule has 0 radical (unpaired) electrons. The van der Waals surface area contributed by atoms with E-state index in [1.807, 2.05) is 30.3 Å². The van der Waals surface area contributed by atoms with Crippen LogP contribution in [0.25, 0.3) is 10.9 Å². The van der Waals surface area contributed by atoms with Crippen LogP contribution in [0.4, 0.5) is 0 Å². The second-order valence-corrected chi connectivity index (χ2v) is 5.32. The number of aliphatic hydroxyl groups excluding tert-OH is 1. The highest BCUT2D eigenvalue weighted by atomic mass is 35.5. The minimum Gasteiger partial charge on any atom is -0.437 e. The molecular weight excluding hydrogens is 309 g/mol. The van der Waals surface area contributed by atoms with E-state index in [9.17, 15) is 5.11 Å². The van der Waals surface area contributed by atoms with Crippen LogP contribution >= 0.6 is 23.2 Å². The molecule has 0 spiro atoms. The van der Waals surface area contributed by atoms with Crippen LogP contribution in [-0.4, -0.2) is 10.1 Å². The second kappa shape index (κ2) is 5.90. The lowest BCUT2D eigenvalue weighted by atomic mass is 10.1. The molecule has 21 heavy (non-hydrogen) atoms. The third kappa shape index (κ3) is 2.95. The Kier molecular flexibility index (Phi) is 3.97. The Morgan fingerprint density at radius 3 is 2.67 bits per heavy atom. The summed E-state index contributed by atoms with van der Waals surface area (Å²) in [5.74, 6) is 0.724. The molecule has 3 rings (SSSR count). The maximum atomic E-state index is 9.50. The number of pyridine rings is 1. The summed E-state index contributed by atoms with van der Waals surface area (Å²) >= 11 is 12.0. The van der Waals surface area contributed by atoms with Gasteiger partial charge in [-0.15, -0.1) is 0 Å². The first-order chi connectivity index (χ1) is 10.2. The number of fused-ring (bicyclic) bond motifs is 1. The van der Waals surface area contributed by atoms with E-state index in [0.717, 1.165) is 10.9 Å². The summed E-state index contributed by atoms with van der Waals surface area (Å²) in [6.07, 6.45) is 0. The number of aromatic nitrogens is 1. The molecule has 5 heteroatoms. The molecule has 0 unspecified atom stereocenters. The third-order valence-electron chi connectivity index (χ3n) is 3.03. The van der Waals surface area contributed by atoms with Crippen LogP contribution in [0, 0.1) is 0 Å². The van der Waals surface area contributed by atoms with Crippen molar-refractivity contribution in [3.63, 3.8) is 0 Å². The molecule has 1 N–H and O–H groups in total. The maximum absolute atomic E-state index is 9.50. The maximum Gasteiger partial charge on any atom is 0.225 e. The first-order valence-electron chi connectivity index (χ1n) is 6.30. The smallest absolute Gasteiger partial charge is 0.225 e. The standard InChI is InChI=1S/C16H11Cl2NO2/c17-12-5-6-13(18)15(8-12)21-16-11(9-20)7-10-3-1-2-4-14(10)19-16/h1-8,20H,9H2. The van der Waals surface area contributed by atoms with Gasteiger partial charge in [0.25, 0.3) is 0 Å². The summed E-state index contributed by atoms with van der Waals surface area (Å²) in [4.78, 5) is 4.43. The first-order valence-corrected chi connectivity index (χ1v) is 7.05. The van der Waals surface area contributed by atoms with E-state index >= 15 is 0 Å². The number of benzene rings is 2. The van der Waals surface area contributed by atoms with Gasteiger partial charge >= 0.3 is 0 Å². The number of rotatable bonds is 3. The minimum atomic E-state index is -0.175. The summed E-state index contributed by atoms with van der Waals surface area (Å²) in [6, 6.07) is 14.4. The number of aliphatic hydroxyl groups is 1. The van der Waals surface area contributed by atoms with Crippen molar-refractivity contribution in [3.05, 3.63) is 64.1 Å². The molecule has 1 aromatic heterocycles. The van der Waals surface area contributed by atoms with Crippen molar-refractivity contribution < 1.29 is 9.84 Å². The third-order valence-corrected chi connectivity index (χ3v) is 3.58. The van der Waals surface area contributed by atoms with E-state index in [2.05, 4.69) is 4.98 Å². The Hall–Kier alpha value is -1.81. The van der Waals surface area contributed by atoms with Crippen molar-refractivity contribution in [2.24, 2.45) is 0 Å². The second-order valence-electron chi connectivity index (χ2n) is 4.48. The summed E-state index contributed by atoms with van der Waals surface area (Å²) in [7, 11) is 0. The lowest BCUT2D eigenvalue weighted by molar-refractivity contribution is 0.275. The summed E-state index contributed by atoms with van der Waals surface area (Å²) < 4.78 is 5.73. The van der Waals surface area contributed by atoms with Crippen LogP contribution in [0.3, 0.4) is 0 Å². The van der Waals surface area contributed by atoms with Gasteiger partial charge in [-0.3, -0.25) is 0 Å². The zero-order valence-corrected chi connectivity index (χ0v) is 12.4. The van der Waals surface area contributed by atoms with Gasteiger partial charge in [-0.05, 0) is 24.3 Å². The molecule has 0 aliphatic heterocycles. The topological polar surface area (TPSA) is 42.4 Å². The van der Waals surface area contributed by atoms with Crippen molar-refractivity contribution in [1.82, 2.24) is 4.98 Å². The van der Waals surface area contributed by atoms with Crippen LogP contribution in [0.15, 0.2) is 48.5 Å². The van der Waals surface area contributed by atoms with Gasteiger partial charge in [0.05, 0.1) is 17.1 Å². The fraction of sp³-hybridized carbons (Fsp3) is 0.0625. The fourth-order valence-corrected chi connectivity index (χ4v) is 2.32. The molecule has 2 aromatic carbocycles. The van der Waals surface area contributed by atoms with Crippen LogP contribution in [0.2, 0.25) is 10.0 Å². The largest absolute Gasteiger partial charge is 0.437 e.